The van der Waals surface area contributed by atoms with Gasteiger partial charge in [-0.25, -0.2) is 4.98 Å². The van der Waals surface area contributed by atoms with Crippen LogP contribution in [0.15, 0.2) is 40.9 Å². The Balaban J connectivity index is 1.57. The lowest BCUT2D eigenvalue weighted by Gasteiger charge is -2.17. The predicted octanol–water partition coefficient (Wildman–Crippen LogP) is 5.84. The number of rotatable bonds is 5. The van der Waals surface area contributed by atoms with Gasteiger partial charge in [0.15, 0.2) is 16.6 Å². The van der Waals surface area contributed by atoms with Gasteiger partial charge in [0.25, 0.3) is 0 Å². The molecular formula is C22H23BrN2O3S. The predicted molar refractivity (Wildman–Crippen MR) is 119 cm³/mol. The van der Waals surface area contributed by atoms with Crippen molar-refractivity contribution in [2.75, 3.05) is 12.1 Å². The highest BCUT2D eigenvalue weighted by atomic mass is 79.9. The third kappa shape index (κ3) is 4.51. The number of phenols is 1. The molecule has 3 aromatic rings. The second-order valence-corrected chi connectivity index (χ2v) is 10.0. The summed E-state index contributed by atoms with van der Waals surface area (Å²) in [6.45, 7) is 7.31. The molecule has 29 heavy (non-hydrogen) atoms. The van der Waals surface area contributed by atoms with Crippen molar-refractivity contribution < 1.29 is 14.6 Å². The second kappa shape index (κ2) is 7.88. The zero-order valence-electron chi connectivity index (χ0n) is 16.6. The molecule has 5 nitrogen and oxygen atoms in total. The van der Waals surface area contributed by atoms with Gasteiger partial charge in [0, 0.05) is 33.3 Å². The van der Waals surface area contributed by atoms with Crippen molar-refractivity contribution in [3.63, 3.8) is 0 Å². The van der Waals surface area contributed by atoms with Crippen molar-refractivity contribution >= 4 is 32.4 Å². The average molecular weight is 475 g/mol. The Labute approximate surface area is 182 Å². The van der Waals surface area contributed by atoms with E-state index in [-0.39, 0.29) is 18.0 Å². The van der Waals surface area contributed by atoms with Gasteiger partial charge >= 0.3 is 0 Å². The summed E-state index contributed by atoms with van der Waals surface area (Å²) >= 11 is 5.11. The third-order valence-corrected chi connectivity index (χ3v) is 6.19. The number of hydrogen-bond acceptors (Lipinski definition) is 6. The fraction of sp³-hybridized carbons (Fsp3) is 0.318. The maximum atomic E-state index is 10.1. The molecule has 0 bridgehead atoms. The lowest BCUT2D eigenvalue weighted by molar-refractivity contribution is 0.174. The number of nitrogens with zero attached hydrogens (tertiary/aromatic N) is 1. The molecule has 0 saturated heterocycles. The number of hydrogen-bond donors (Lipinski definition) is 2. The Bertz CT molecular complexity index is 1040. The number of fused-ring (bicyclic) bond motifs is 1. The van der Waals surface area contributed by atoms with Crippen LogP contribution in [0.25, 0.3) is 0 Å². The summed E-state index contributed by atoms with van der Waals surface area (Å²) in [5.41, 5.74) is 3.00. The first-order chi connectivity index (χ1) is 13.8. The molecule has 0 spiro atoms. The monoisotopic (exact) mass is 474 g/mol. The maximum absolute atomic E-state index is 10.1. The van der Waals surface area contributed by atoms with Crippen molar-refractivity contribution in [3.8, 4) is 17.2 Å². The molecule has 1 aromatic heterocycles. The number of thiazole rings is 1. The quantitative estimate of drug-likeness (QED) is 0.486. The molecule has 0 unspecified atom stereocenters. The Morgan fingerprint density at radius 1 is 1.14 bits per heavy atom. The second-order valence-electron chi connectivity index (χ2n) is 8.03. The topological polar surface area (TPSA) is 63.6 Å². The number of anilines is 1. The summed E-state index contributed by atoms with van der Waals surface area (Å²) < 4.78 is 11.9. The average Bonchev–Trinajstić information content (AvgIpc) is 3.28. The van der Waals surface area contributed by atoms with Gasteiger partial charge in [0.2, 0.25) is 6.79 Å². The van der Waals surface area contributed by atoms with Crippen LogP contribution in [0, 0.1) is 0 Å². The van der Waals surface area contributed by atoms with E-state index in [0.29, 0.717) is 6.54 Å². The molecule has 2 aromatic carbocycles. The lowest BCUT2D eigenvalue weighted by atomic mass is 9.90. The van der Waals surface area contributed by atoms with E-state index in [1.807, 2.05) is 24.3 Å². The Hall–Kier alpha value is -2.25. The van der Waals surface area contributed by atoms with Crippen LogP contribution in [-0.4, -0.2) is 16.9 Å². The van der Waals surface area contributed by atoms with Crippen molar-refractivity contribution in [1.29, 1.82) is 0 Å². The van der Waals surface area contributed by atoms with E-state index in [4.69, 9.17) is 14.5 Å². The zero-order chi connectivity index (χ0) is 20.6. The van der Waals surface area contributed by atoms with Gasteiger partial charge in [-0.3, -0.25) is 0 Å². The fourth-order valence-corrected chi connectivity index (χ4v) is 4.85. The summed E-state index contributed by atoms with van der Waals surface area (Å²) in [6, 6.07) is 11.5. The summed E-state index contributed by atoms with van der Waals surface area (Å²) in [7, 11) is 0. The molecule has 0 atom stereocenters. The van der Waals surface area contributed by atoms with Gasteiger partial charge in [0.05, 0.1) is 5.69 Å². The first-order valence-corrected chi connectivity index (χ1v) is 11.0. The first-order valence-electron chi connectivity index (χ1n) is 9.39. The molecule has 7 heteroatoms. The molecule has 0 amide bonds. The SMILES string of the molecule is CC(C)(C)c1nc(NCc2cc(Br)ccc2O)sc1Cc1ccc2c(c1)OCO2. The van der Waals surface area contributed by atoms with Gasteiger partial charge in [-0.15, -0.1) is 11.3 Å². The van der Waals surface area contributed by atoms with Crippen LogP contribution in [0.3, 0.4) is 0 Å². The van der Waals surface area contributed by atoms with Gasteiger partial charge in [0.1, 0.15) is 5.75 Å². The molecule has 1 aliphatic heterocycles. The minimum Gasteiger partial charge on any atom is -0.508 e. The number of aromatic nitrogens is 1. The van der Waals surface area contributed by atoms with E-state index in [0.717, 1.165) is 38.8 Å². The van der Waals surface area contributed by atoms with Crippen LogP contribution in [-0.2, 0) is 18.4 Å². The Morgan fingerprint density at radius 2 is 1.93 bits per heavy atom. The van der Waals surface area contributed by atoms with E-state index >= 15 is 0 Å². The molecule has 0 aliphatic carbocycles. The van der Waals surface area contributed by atoms with E-state index < -0.39 is 0 Å². The molecule has 0 radical (unpaired) electrons. The summed E-state index contributed by atoms with van der Waals surface area (Å²) in [5.74, 6) is 1.87. The molecule has 2 heterocycles. The largest absolute Gasteiger partial charge is 0.508 e. The van der Waals surface area contributed by atoms with Crippen LogP contribution in [0.5, 0.6) is 17.2 Å². The highest BCUT2D eigenvalue weighted by Gasteiger charge is 2.24. The van der Waals surface area contributed by atoms with E-state index in [9.17, 15) is 5.11 Å². The number of phenolic OH excluding ortho intramolecular Hbond substituents is 1. The lowest BCUT2D eigenvalue weighted by Crippen LogP contribution is -2.14. The molecular weight excluding hydrogens is 452 g/mol. The minimum atomic E-state index is -0.0694. The highest BCUT2D eigenvalue weighted by molar-refractivity contribution is 9.10. The molecule has 1 aliphatic rings. The van der Waals surface area contributed by atoms with Crippen LogP contribution in [0.2, 0.25) is 0 Å². The smallest absolute Gasteiger partial charge is 0.231 e. The number of nitrogens with one attached hydrogen (secondary N) is 1. The van der Waals surface area contributed by atoms with Crippen LogP contribution < -0.4 is 14.8 Å². The van der Waals surface area contributed by atoms with Crippen LogP contribution >= 0.6 is 27.3 Å². The van der Waals surface area contributed by atoms with E-state index in [1.54, 1.807) is 17.4 Å². The maximum Gasteiger partial charge on any atom is 0.231 e. The Kier molecular flexibility index (Phi) is 5.44. The van der Waals surface area contributed by atoms with E-state index in [1.165, 1.54) is 10.4 Å². The number of aromatic hydroxyl groups is 1. The zero-order valence-corrected chi connectivity index (χ0v) is 19.0. The van der Waals surface area contributed by atoms with Crippen LogP contribution in [0.4, 0.5) is 5.13 Å². The summed E-state index contributed by atoms with van der Waals surface area (Å²) in [5, 5.41) is 14.3. The van der Waals surface area contributed by atoms with E-state index in [2.05, 4.69) is 48.1 Å². The van der Waals surface area contributed by atoms with Crippen molar-refractivity contribution in [1.82, 2.24) is 4.98 Å². The van der Waals surface area contributed by atoms with Crippen LogP contribution in [0.1, 0.15) is 42.5 Å². The molecule has 2 N–H and O–H groups in total. The van der Waals surface area contributed by atoms with Gasteiger partial charge < -0.3 is 19.9 Å². The van der Waals surface area contributed by atoms with Gasteiger partial charge in [-0.1, -0.05) is 42.8 Å². The first kappa shape index (κ1) is 20.0. The normalized spacial score (nSPS) is 13.0. The molecule has 0 saturated carbocycles. The minimum absolute atomic E-state index is 0.0694. The van der Waals surface area contributed by atoms with Crippen molar-refractivity contribution in [3.05, 3.63) is 62.6 Å². The standard InChI is InChI=1S/C22H23BrN2O3S/c1-22(2,3)20-19(9-13-4-7-17-18(8-13)28-12-27-17)29-21(25-20)24-11-14-10-15(23)5-6-16(14)26/h4-8,10,26H,9,11-12H2,1-3H3,(H,24,25). The molecule has 4 rings (SSSR count). The summed E-state index contributed by atoms with van der Waals surface area (Å²) in [4.78, 5) is 6.10. The van der Waals surface area contributed by atoms with Crippen molar-refractivity contribution in [2.45, 2.75) is 39.2 Å². The number of benzene rings is 2. The van der Waals surface area contributed by atoms with Crippen molar-refractivity contribution in [2.24, 2.45) is 0 Å². The highest BCUT2D eigenvalue weighted by Crippen LogP contribution is 2.37. The van der Waals surface area contributed by atoms with Gasteiger partial charge in [-0.2, -0.15) is 0 Å². The molecule has 0 fully saturated rings. The number of ether oxygens (including phenoxy) is 2. The third-order valence-electron chi connectivity index (χ3n) is 4.68. The molecule has 152 valence electrons. The fourth-order valence-electron chi connectivity index (χ4n) is 3.24. The summed E-state index contributed by atoms with van der Waals surface area (Å²) in [6.07, 6.45) is 0.782. The Morgan fingerprint density at radius 3 is 2.72 bits per heavy atom. The van der Waals surface area contributed by atoms with Gasteiger partial charge in [-0.05, 0) is 35.9 Å². The number of halogens is 1.